The molecule has 1 aliphatic rings. The molecular weight excluding hydrogens is 218 g/mol. The molecule has 0 spiro atoms. The van der Waals surface area contributed by atoms with Crippen molar-refractivity contribution in [1.82, 2.24) is 5.32 Å². The highest BCUT2D eigenvalue weighted by atomic mass is 14.8. The van der Waals surface area contributed by atoms with Crippen molar-refractivity contribution < 1.29 is 0 Å². The Labute approximate surface area is 109 Å². The van der Waals surface area contributed by atoms with Crippen molar-refractivity contribution in [3.63, 3.8) is 0 Å². The van der Waals surface area contributed by atoms with Crippen molar-refractivity contribution >= 4 is 0 Å². The van der Waals surface area contributed by atoms with Crippen LogP contribution in [-0.4, -0.2) is 13.6 Å². The summed E-state index contributed by atoms with van der Waals surface area (Å²) in [5, 5.41) is 3.20. The second-order valence-electron chi connectivity index (χ2n) is 4.91. The molecule has 1 unspecified atom stereocenters. The van der Waals surface area contributed by atoms with Crippen LogP contribution in [0, 0.1) is 6.92 Å². The molecule has 1 aliphatic carbocycles. The van der Waals surface area contributed by atoms with E-state index < -0.39 is 0 Å². The Kier molecular flexibility index (Phi) is 2.85. The van der Waals surface area contributed by atoms with Gasteiger partial charge in [0.15, 0.2) is 0 Å². The first kappa shape index (κ1) is 11.4. The van der Waals surface area contributed by atoms with E-state index in [1.54, 1.807) is 0 Å². The Balaban J connectivity index is 2.03. The van der Waals surface area contributed by atoms with Crippen LogP contribution in [-0.2, 0) is 6.42 Å². The van der Waals surface area contributed by atoms with E-state index in [1.165, 1.54) is 27.8 Å². The molecule has 0 aromatic heterocycles. The van der Waals surface area contributed by atoms with Crippen LogP contribution in [0.5, 0.6) is 0 Å². The van der Waals surface area contributed by atoms with E-state index in [1.807, 2.05) is 7.05 Å². The van der Waals surface area contributed by atoms with Crippen molar-refractivity contribution in [2.24, 2.45) is 0 Å². The van der Waals surface area contributed by atoms with Gasteiger partial charge in [0.05, 0.1) is 6.92 Å². The average Bonchev–Trinajstić information content (AvgIpc) is 2.71. The van der Waals surface area contributed by atoms with Gasteiger partial charge in [-0.3, -0.25) is 0 Å². The number of nitrogens with one attached hydrogen (secondary N) is 1. The maximum absolute atomic E-state index is 4.33. The fraction of sp³-hybridized carbons (Fsp3) is 0.235. The third-order valence-electron chi connectivity index (χ3n) is 3.78. The number of likely N-dealkylation sites (N-methyl/N-ethyl adjacent to an activating group) is 1. The molecule has 1 nitrogen and oxygen atoms in total. The largest absolute Gasteiger partial charge is 0.319 e. The number of hydrogen-bond acceptors (Lipinski definition) is 1. The summed E-state index contributed by atoms with van der Waals surface area (Å²) in [4.78, 5) is 0. The quantitative estimate of drug-likeness (QED) is 0.805. The van der Waals surface area contributed by atoms with Crippen LogP contribution >= 0.6 is 0 Å². The molecule has 90 valence electrons. The van der Waals surface area contributed by atoms with Gasteiger partial charge >= 0.3 is 0 Å². The molecule has 0 heterocycles. The standard InChI is InChI=1S/C17H18N/c1-12-14-5-3-4-6-15(14)16-8-7-13(9-10-18-2)11-17(12)16/h3-8,11-12,18H,1,9-10H2,2H3/q+1. The number of rotatable bonds is 3. The third-order valence-corrected chi connectivity index (χ3v) is 3.78. The molecule has 1 heteroatoms. The molecule has 0 fully saturated rings. The summed E-state index contributed by atoms with van der Waals surface area (Å²) in [5.74, 6) is 0.283. The maximum Gasteiger partial charge on any atom is 0.146 e. The Morgan fingerprint density at radius 2 is 1.83 bits per heavy atom. The molecule has 2 aromatic carbocycles. The van der Waals surface area contributed by atoms with Gasteiger partial charge in [0.2, 0.25) is 0 Å². The van der Waals surface area contributed by atoms with Crippen molar-refractivity contribution in [3.8, 4) is 11.1 Å². The monoisotopic (exact) mass is 236 g/mol. The first-order chi connectivity index (χ1) is 8.81. The number of benzene rings is 2. The van der Waals surface area contributed by atoms with Gasteiger partial charge in [-0.1, -0.05) is 42.5 Å². The number of fused-ring (bicyclic) bond motifs is 3. The fourth-order valence-electron chi connectivity index (χ4n) is 2.78. The number of hydrogen-bond donors (Lipinski definition) is 1. The smallest absolute Gasteiger partial charge is 0.146 e. The van der Waals surface area contributed by atoms with E-state index in [4.69, 9.17) is 0 Å². The molecule has 1 atom stereocenters. The van der Waals surface area contributed by atoms with E-state index >= 15 is 0 Å². The molecule has 1 N–H and O–H groups in total. The van der Waals surface area contributed by atoms with Gasteiger partial charge in [0, 0.05) is 11.1 Å². The molecule has 0 radical (unpaired) electrons. The minimum Gasteiger partial charge on any atom is -0.319 e. The predicted molar refractivity (Wildman–Crippen MR) is 76.7 cm³/mol. The van der Waals surface area contributed by atoms with Gasteiger partial charge in [-0.2, -0.15) is 0 Å². The van der Waals surface area contributed by atoms with E-state index in [2.05, 4.69) is 54.7 Å². The van der Waals surface area contributed by atoms with Crippen LogP contribution in [0.25, 0.3) is 11.1 Å². The zero-order valence-electron chi connectivity index (χ0n) is 10.7. The second-order valence-corrected chi connectivity index (χ2v) is 4.91. The summed E-state index contributed by atoms with van der Waals surface area (Å²) < 4.78 is 0. The third kappa shape index (κ3) is 1.72. The predicted octanol–water partition coefficient (Wildman–Crippen LogP) is 3.39. The highest BCUT2D eigenvalue weighted by Gasteiger charge is 2.29. The van der Waals surface area contributed by atoms with Crippen LogP contribution in [0.1, 0.15) is 22.6 Å². The lowest BCUT2D eigenvalue weighted by Crippen LogP contribution is -2.10. The van der Waals surface area contributed by atoms with E-state index in [0.717, 1.165) is 13.0 Å². The molecule has 0 saturated heterocycles. The fourth-order valence-corrected chi connectivity index (χ4v) is 2.78. The van der Waals surface area contributed by atoms with Crippen LogP contribution < -0.4 is 5.32 Å². The van der Waals surface area contributed by atoms with Crippen LogP contribution in [0.2, 0.25) is 0 Å². The molecule has 3 rings (SSSR count). The summed E-state index contributed by atoms with van der Waals surface area (Å²) in [5.41, 5.74) is 6.85. The normalized spacial score (nSPS) is 16.4. The molecule has 0 saturated carbocycles. The Morgan fingerprint density at radius 3 is 2.67 bits per heavy atom. The highest BCUT2D eigenvalue weighted by molar-refractivity contribution is 5.79. The van der Waals surface area contributed by atoms with E-state index in [-0.39, 0.29) is 5.92 Å². The van der Waals surface area contributed by atoms with Gasteiger partial charge < -0.3 is 5.32 Å². The minimum atomic E-state index is 0.283. The summed E-state index contributed by atoms with van der Waals surface area (Å²) >= 11 is 0. The molecule has 0 amide bonds. The van der Waals surface area contributed by atoms with Crippen molar-refractivity contribution in [3.05, 3.63) is 66.1 Å². The zero-order valence-corrected chi connectivity index (χ0v) is 10.7. The Morgan fingerprint density at radius 1 is 1.06 bits per heavy atom. The SMILES string of the molecule is [CH2+]C1c2ccccc2-c2ccc(CCNC)cc21. The van der Waals surface area contributed by atoms with Gasteiger partial charge in [-0.15, -0.1) is 0 Å². The molecule has 0 aliphatic heterocycles. The van der Waals surface area contributed by atoms with Crippen LogP contribution in [0.15, 0.2) is 42.5 Å². The lowest BCUT2D eigenvalue weighted by Gasteiger charge is -2.05. The van der Waals surface area contributed by atoms with E-state index in [0.29, 0.717) is 0 Å². The molecule has 2 aromatic rings. The van der Waals surface area contributed by atoms with Gasteiger partial charge in [0.25, 0.3) is 0 Å². The summed E-state index contributed by atoms with van der Waals surface area (Å²) in [7, 11) is 1.99. The summed E-state index contributed by atoms with van der Waals surface area (Å²) in [6.45, 7) is 5.35. The maximum atomic E-state index is 4.33. The summed E-state index contributed by atoms with van der Waals surface area (Å²) in [6.07, 6.45) is 1.08. The van der Waals surface area contributed by atoms with Crippen LogP contribution in [0.3, 0.4) is 0 Å². The van der Waals surface area contributed by atoms with Gasteiger partial charge in [0.1, 0.15) is 5.92 Å². The minimum absolute atomic E-state index is 0.283. The van der Waals surface area contributed by atoms with Crippen LogP contribution in [0.4, 0.5) is 0 Å². The average molecular weight is 236 g/mol. The second kappa shape index (κ2) is 4.51. The first-order valence-electron chi connectivity index (χ1n) is 6.51. The highest BCUT2D eigenvalue weighted by Crippen LogP contribution is 2.44. The first-order valence-corrected chi connectivity index (χ1v) is 6.51. The Hall–Kier alpha value is -1.73. The topological polar surface area (TPSA) is 12.0 Å². The Bertz CT molecular complexity index is 572. The molecular formula is C17H18N+. The summed E-state index contributed by atoms with van der Waals surface area (Å²) in [6, 6.07) is 15.4. The van der Waals surface area contributed by atoms with Crippen molar-refractivity contribution in [1.29, 1.82) is 0 Å². The van der Waals surface area contributed by atoms with Gasteiger partial charge in [-0.05, 0) is 36.7 Å². The van der Waals surface area contributed by atoms with Gasteiger partial charge in [-0.25, -0.2) is 0 Å². The van der Waals surface area contributed by atoms with Crippen molar-refractivity contribution in [2.45, 2.75) is 12.3 Å². The van der Waals surface area contributed by atoms with Crippen molar-refractivity contribution in [2.75, 3.05) is 13.6 Å². The molecule has 0 bridgehead atoms. The zero-order chi connectivity index (χ0) is 12.5. The lowest BCUT2D eigenvalue weighted by molar-refractivity contribution is 0.791. The molecule has 18 heavy (non-hydrogen) atoms. The van der Waals surface area contributed by atoms with E-state index in [9.17, 15) is 0 Å². The lowest BCUT2D eigenvalue weighted by atomic mass is 9.97.